The Morgan fingerprint density at radius 1 is 1.20 bits per heavy atom. The first kappa shape index (κ1) is 14.2. The Morgan fingerprint density at radius 2 is 2.05 bits per heavy atom. The molecule has 5 heteroatoms. The van der Waals surface area contributed by atoms with Gasteiger partial charge in [-0.25, -0.2) is 0 Å². The third-order valence-corrected chi connectivity index (χ3v) is 2.91. The number of halogens is 1. The molecule has 104 valence electrons. The molecule has 0 aliphatic carbocycles. The van der Waals surface area contributed by atoms with Gasteiger partial charge < -0.3 is 14.7 Å². The summed E-state index contributed by atoms with van der Waals surface area (Å²) in [6.45, 7) is 0.372. The van der Waals surface area contributed by atoms with E-state index in [-0.39, 0.29) is 0 Å². The molecule has 0 unspecified atom stereocenters. The molecule has 0 saturated heterocycles. The van der Waals surface area contributed by atoms with Crippen LogP contribution in [0.3, 0.4) is 0 Å². The number of rotatable bonds is 5. The van der Waals surface area contributed by atoms with Crippen LogP contribution in [0.5, 0.6) is 11.5 Å². The Kier molecular flexibility index (Phi) is 4.85. The second-order valence-corrected chi connectivity index (χ2v) is 4.51. The summed E-state index contributed by atoms with van der Waals surface area (Å²) in [5.74, 6) is 1.19. The summed E-state index contributed by atoms with van der Waals surface area (Å²) in [5.41, 5.74) is 1.68. The average molecular weight is 292 g/mol. The van der Waals surface area contributed by atoms with Crippen molar-refractivity contribution in [2.75, 3.05) is 7.11 Å². The fraction of sp³-hybridized carbons (Fsp3) is 0.133. The topological polar surface area (TPSA) is 51.0 Å². The Hall–Kier alpha value is -2.20. The van der Waals surface area contributed by atoms with Crippen LogP contribution in [0.4, 0.5) is 0 Å². The summed E-state index contributed by atoms with van der Waals surface area (Å²) in [7, 11) is 1.57. The Balaban J connectivity index is 2.17. The molecule has 0 spiro atoms. The largest absolute Gasteiger partial charge is 0.493 e. The number of nitrogens with zero attached hydrogens (tertiary/aromatic N) is 1. The Bertz CT molecular complexity index is 614. The monoisotopic (exact) mass is 291 g/mol. The highest BCUT2D eigenvalue weighted by molar-refractivity contribution is 6.30. The van der Waals surface area contributed by atoms with Crippen molar-refractivity contribution in [1.82, 2.24) is 0 Å². The van der Waals surface area contributed by atoms with Gasteiger partial charge in [0, 0.05) is 10.6 Å². The average Bonchev–Trinajstić information content (AvgIpc) is 2.46. The van der Waals surface area contributed by atoms with Crippen LogP contribution in [-0.4, -0.2) is 18.5 Å². The van der Waals surface area contributed by atoms with E-state index >= 15 is 0 Å². The highest BCUT2D eigenvalue weighted by Gasteiger charge is 2.06. The van der Waals surface area contributed by atoms with E-state index in [1.165, 1.54) is 6.21 Å². The van der Waals surface area contributed by atoms with E-state index < -0.39 is 0 Å². The highest BCUT2D eigenvalue weighted by Crippen LogP contribution is 2.28. The number of oxime groups is 1. The molecule has 0 aliphatic heterocycles. The highest BCUT2D eigenvalue weighted by atomic mass is 35.5. The van der Waals surface area contributed by atoms with Gasteiger partial charge in [-0.3, -0.25) is 0 Å². The summed E-state index contributed by atoms with van der Waals surface area (Å²) in [4.78, 5) is 0. The van der Waals surface area contributed by atoms with Crippen LogP contribution in [0.2, 0.25) is 5.02 Å². The van der Waals surface area contributed by atoms with E-state index in [0.29, 0.717) is 23.1 Å². The van der Waals surface area contributed by atoms with Crippen LogP contribution in [-0.2, 0) is 6.61 Å². The molecule has 0 heterocycles. The van der Waals surface area contributed by atoms with Gasteiger partial charge in [0.15, 0.2) is 11.5 Å². The minimum atomic E-state index is 0.372. The zero-order valence-corrected chi connectivity index (χ0v) is 11.7. The quantitative estimate of drug-likeness (QED) is 0.519. The molecule has 0 atom stereocenters. The van der Waals surface area contributed by atoms with Crippen LogP contribution in [0.25, 0.3) is 0 Å². The number of methoxy groups -OCH3 is 1. The molecule has 0 aromatic heterocycles. The lowest BCUT2D eigenvalue weighted by molar-refractivity contribution is 0.284. The summed E-state index contributed by atoms with van der Waals surface area (Å²) in [6, 6.07) is 12.7. The van der Waals surface area contributed by atoms with Gasteiger partial charge in [0.05, 0.1) is 13.3 Å². The first-order chi connectivity index (χ1) is 9.72. The number of hydrogen-bond donors (Lipinski definition) is 1. The van der Waals surface area contributed by atoms with Gasteiger partial charge in [0.2, 0.25) is 0 Å². The molecule has 0 radical (unpaired) electrons. The van der Waals surface area contributed by atoms with E-state index in [2.05, 4.69) is 5.16 Å². The molecular formula is C15H14ClNO3. The molecule has 0 aliphatic rings. The van der Waals surface area contributed by atoms with Gasteiger partial charge in [-0.05, 0) is 35.9 Å². The molecule has 4 nitrogen and oxygen atoms in total. The summed E-state index contributed by atoms with van der Waals surface area (Å²) in [5, 5.41) is 12.2. The fourth-order valence-corrected chi connectivity index (χ4v) is 1.95. The molecule has 2 aromatic rings. The first-order valence-electron chi connectivity index (χ1n) is 5.95. The van der Waals surface area contributed by atoms with Crippen molar-refractivity contribution >= 4 is 17.8 Å². The SMILES string of the molecule is COc1ccc(C=NO)cc1OCc1cccc(Cl)c1. The molecule has 20 heavy (non-hydrogen) atoms. The first-order valence-corrected chi connectivity index (χ1v) is 6.33. The molecule has 0 saturated carbocycles. The van der Waals surface area contributed by atoms with Gasteiger partial charge in [-0.2, -0.15) is 0 Å². The Labute approximate surface area is 122 Å². The molecule has 2 aromatic carbocycles. The van der Waals surface area contributed by atoms with E-state index in [1.54, 1.807) is 25.3 Å². The number of hydrogen-bond acceptors (Lipinski definition) is 4. The molecule has 2 rings (SSSR count). The third-order valence-electron chi connectivity index (χ3n) is 2.68. The summed E-state index contributed by atoms with van der Waals surface area (Å²) >= 11 is 5.93. The van der Waals surface area contributed by atoms with Crippen molar-refractivity contribution in [2.24, 2.45) is 5.16 Å². The van der Waals surface area contributed by atoms with Gasteiger partial charge >= 0.3 is 0 Å². The van der Waals surface area contributed by atoms with Crippen LogP contribution < -0.4 is 9.47 Å². The van der Waals surface area contributed by atoms with Gasteiger partial charge in [0.1, 0.15) is 6.61 Å². The maximum atomic E-state index is 8.56. The second kappa shape index (κ2) is 6.82. The van der Waals surface area contributed by atoms with Crippen molar-refractivity contribution in [1.29, 1.82) is 0 Å². The minimum Gasteiger partial charge on any atom is -0.493 e. The standard InChI is InChI=1S/C15H14ClNO3/c1-19-14-6-5-11(9-17-18)8-15(14)20-10-12-3-2-4-13(16)7-12/h2-9,18H,10H2,1H3. The van der Waals surface area contributed by atoms with Crippen LogP contribution in [0.15, 0.2) is 47.6 Å². The van der Waals surface area contributed by atoms with Gasteiger partial charge in [0.25, 0.3) is 0 Å². The van der Waals surface area contributed by atoms with E-state index in [1.807, 2.05) is 24.3 Å². The Morgan fingerprint density at radius 3 is 2.75 bits per heavy atom. The van der Waals surface area contributed by atoms with Crippen molar-refractivity contribution in [3.63, 3.8) is 0 Å². The number of ether oxygens (including phenoxy) is 2. The van der Waals surface area contributed by atoms with E-state index in [4.69, 9.17) is 26.3 Å². The van der Waals surface area contributed by atoms with Gasteiger partial charge in [-0.15, -0.1) is 0 Å². The predicted molar refractivity (Wildman–Crippen MR) is 78.2 cm³/mol. The van der Waals surface area contributed by atoms with Gasteiger partial charge in [-0.1, -0.05) is 28.9 Å². The molecule has 0 fully saturated rings. The van der Waals surface area contributed by atoms with Crippen molar-refractivity contribution in [3.05, 3.63) is 58.6 Å². The lowest BCUT2D eigenvalue weighted by atomic mass is 10.2. The van der Waals surface area contributed by atoms with Crippen LogP contribution in [0, 0.1) is 0 Å². The zero-order chi connectivity index (χ0) is 14.4. The molecule has 0 amide bonds. The maximum Gasteiger partial charge on any atom is 0.162 e. The number of benzene rings is 2. The zero-order valence-electron chi connectivity index (χ0n) is 10.9. The molecule has 1 N–H and O–H groups in total. The lowest BCUT2D eigenvalue weighted by Gasteiger charge is -2.11. The molecule has 0 bridgehead atoms. The third kappa shape index (κ3) is 3.65. The van der Waals surface area contributed by atoms with Crippen molar-refractivity contribution in [3.8, 4) is 11.5 Å². The normalized spacial score (nSPS) is 10.7. The van der Waals surface area contributed by atoms with Crippen molar-refractivity contribution in [2.45, 2.75) is 6.61 Å². The maximum absolute atomic E-state index is 8.56. The summed E-state index contributed by atoms with van der Waals surface area (Å²) in [6.07, 6.45) is 1.33. The van der Waals surface area contributed by atoms with E-state index in [0.717, 1.165) is 11.1 Å². The predicted octanol–water partition coefficient (Wildman–Crippen LogP) is 3.74. The van der Waals surface area contributed by atoms with Crippen LogP contribution >= 0.6 is 11.6 Å². The minimum absolute atomic E-state index is 0.372. The van der Waals surface area contributed by atoms with E-state index in [9.17, 15) is 0 Å². The molecular weight excluding hydrogens is 278 g/mol. The smallest absolute Gasteiger partial charge is 0.162 e. The van der Waals surface area contributed by atoms with Crippen molar-refractivity contribution < 1.29 is 14.7 Å². The summed E-state index contributed by atoms with van der Waals surface area (Å²) < 4.78 is 11.0. The lowest BCUT2D eigenvalue weighted by Crippen LogP contribution is -1.98. The van der Waals surface area contributed by atoms with Crippen LogP contribution in [0.1, 0.15) is 11.1 Å². The second-order valence-electron chi connectivity index (χ2n) is 4.07. The fourth-order valence-electron chi connectivity index (χ4n) is 1.74.